The zero-order valence-corrected chi connectivity index (χ0v) is 12.4. The molecule has 1 amide bonds. The first-order chi connectivity index (χ1) is 9.82. The molecule has 1 atom stereocenters. The van der Waals surface area contributed by atoms with Gasteiger partial charge in [-0.2, -0.15) is 4.31 Å². The van der Waals surface area contributed by atoms with Crippen LogP contribution in [-0.2, 0) is 19.6 Å². The third-order valence-corrected chi connectivity index (χ3v) is 5.24. The normalized spacial score (nSPS) is 20.0. The number of carboxylic acids is 1. The first-order valence-electron chi connectivity index (χ1n) is 6.09. The minimum Gasteiger partial charge on any atom is -0.481 e. The fraction of sp³-hybridized carbons (Fsp3) is 0.333. The van der Waals surface area contributed by atoms with E-state index < -0.39 is 34.4 Å². The summed E-state index contributed by atoms with van der Waals surface area (Å²) in [6, 6.07) is 4.23. The number of carboxylic acid groups (broad SMARTS) is 1. The average molecular weight is 333 g/mol. The maximum atomic E-state index is 12.5. The van der Waals surface area contributed by atoms with Crippen LogP contribution >= 0.6 is 11.6 Å². The molecule has 0 unspecified atom stereocenters. The number of piperazine rings is 1. The summed E-state index contributed by atoms with van der Waals surface area (Å²) in [6.07, 6.45) is -0.585. The number of benzene rings is 1. The Labute approximate surface area is 126 Å². The highest BCUT2D eigenvalue weighted by molar-refractivity contribution is 7.89. The molecule has 7 nitrogen and oxygen atoms in total. The number of nitrogens with zero attached hydrogens (tertiary/aromatic N) is 1. The number of aliphatic carboxylic acids is 1. The quantitative estimate of drug-likeness (QED) is 0.825. The van der Waals surface area contributed by atoms with Crippen LogP contribution in [0.5, 0.6) is 0 Å². The SMILES string of the molecule is O=C(O)C[C@H]1C(=O)NCCN1S(=O)(=O)c1ccc(Cl)cc1. The van der Waals surface area contributed by atoms with E-state index in [0.29, 0.717) is 5.02 Å². The fourth-order valence-electron chi connectivity index (χ4n) is 2.08. The molecule has 0 radical (unpaired) electrons. The minimum atomic E-state index is -3.96. The summed E-state index contributed by atoms with van der Waals surface area (Å²) in [7, 11) is -3.96. The summed E-state index contributed by atoms with van der Waals surface area (Å²) in [6.45, 7) is 0.163. The number of hydrogen-bond acceptors (Lipinski definition) is 4. The van der Waals surface area contributed by atoms with E-state index >= 15 is 0 Å². The van der Waals surface area contributed by atoms with Gasteiger partial charge in [0.2, 0.25) is 15.9 Å². The molecule has 0 aliphatic carbocycles. The van der Waals surface area contributed by atoms with E-state index in [1.165, 1.54) is 24.3 Å². The van der Waals surface area contributed by atoms with Crippen molar-refractivity contribution in [3.8, 4) is 0 Å². The molecule has 1 aromatic carbocycles. The fourth-order valence-corrected chi connectivity index (χ4v) is 3.80. The van der Waals surface area contributed by atoms with Crippen molar-refractivity contribution in [1.29, 1.82) is 0 Å². The number of amides is 1. The minimum absolute atomic E-state index is 0.0225. The predicted octanol–water partition coefficient (Wildman–Crippen LogP) is 0.304. The van der Waals surface area contributed by atoms with E-state index in [0.717, 1.165) is 4.31 Å². The molecule has 1 fully saturated rings. The molecule has 1 saturated heterocycles. The Morgan fingerprint density at radius 3 is 2.57 bits per heavy atom. The Balaban J connectivity index is 2.38. The topological polar surface area (TPSA) is 104 Å². The smallest absolute Gasteiger partial charge is 0.305 e. The second kappa shape index (κ2) is 6.00. The van der Waals surface area contributed by atoms with Crippen molar-refractivity contribution in [3.05, 3.63) is 29.3 Å². The van der Waals surface area contributed by atoms with Gasteiger partial charge in [-0.05, 0) is 24.3 Å². The Morgan fingerprint density at radius 2 is 2.00 bits per heavy atom. The standard InChI is InChI=1S/C12H13ClN2O5S/c13-8-1-3-9(4-2-8)21(19,20)15-6-5-14-12(18)10(15)7-11(16)17/h1-4,10H,5-7H2,(H,14,18)(H,16,17)/t10-/m0/s1. The maximum absolute atomic E-state index is 12.5. The van der Waals surface area contributed by atoms with Crippen LogP contribution in [0.25, 0.3) is 0 Å². The number of hydrogen-bond donors (Lipinski definition) is 2. The highest BCUT2D eigenvalue weighted by Gasteiger charge is 2.39. The van der Waals surface area contributed by atoms with Crippen LogP contribution in [0.15, 0.2) is 29.2 Å². The monoisotopic (exact) mass is 332 g/mol. The first-order valence-corrected chi connectivity index (χ1v) is 7.91. The van der Waals surface area contributed by atoms with Crippen LogP contribution in [0, 0.1) is 0 Å². The number of rotatable bonds is 4. The van der Waals surface area contributed by atoms with Crippen molar-refractivity contribution in [3.63, 3.8) is 0 Å². The molecule has 1 aliphatic heterocycles. The van der Waals surface area contributed by atoms with Gasteiger partial charge in [-0.1, -0.05) is 11.6 Å². The van der Waals surface area contributed by atoms with Crippen molar-refractivity contribution in [2.75, 3.05) is 13.1 Å². The van der Waals surface area contributed by atoms with Gasteiger partial charge >= 0.3 is 5.97 Å². The van der Waals surface area contributed by atoms with Gasteiger partial charge in [-0.25, -0.2) is 8.42 Å². The van der Waals surface area contributed by atoms with Crippen molar-refractivity contribution < 1.29 is 23.1 Å². The summed E-state index contributed by atoms with van der Waals surface area (Å²) in [5.41, 5.74) is 0. The van der Waals surface area contributed by atoms with E-state index in [1.54, 1.807) is 0 Å². The summed E-state index contributed by atoms with van der Waals surface area (Å²) in [5, 5.41) is 11.7. The molecule has 2 rings (SSSR count). The van der Waals surface area contributed by atoms with Crippen LogP contribution in [-0.4, -0.2) is 48.8 Å². The largest absolute Gasteiger partial charge is 0.481 e. The van der Waals surface area contributed by atoms with E-state index in [2.05, 4.69) is 5.32 Å². The molecule has 0 bridgehead atoms. The van der Waals surface area contributed by atoms with Gasteiger partial charge in [0.05, 0.1) is 11.3 Å². The Morgan fingerprint density at radius 1 is 1.38 bits per heavy atom. The number of carbonyl (C=O) groups is 2. The molecule has 1 heterocycles. The van der Waals surface area contributed by atoms with Crippen LogP contribution in [0.2, 0.25) is 5.02 Å². The van der Waals surface area contributed by atoms with Crippen molar-refractivity contribution >= 4 is 33.5 Å². The first kappa shape index (κ1) is 15.7. The third kappa shape index (κ3) is 3.34. The van der Waals surface area contributed by atoms with Gasteiger partial charge in [-0.15, -0.1) is 0 Å². The molecule has 9 heteroatoms. The molecule has 0 saturated carbocycles. The average Bonchev–Trinajstić information content (AvgIpc) is 2.41. The van der Waals surface area contributed by atoms with Crippen LogP contribution in [0.3, 0.4) is 0 Å². The molecule has 1 aromatic rings. The van der Waals surface area contributed by atoms with Gasteiger partial charge in [-0.3, -0.25) is 9.59 Å². The Bertz CT molecular complexity index is 659. The highest BCUT2D eigenvalue weighted by Crippen LogP contribution is 2.22. The second-order valence-corrected chi connectivity index (χ2v) is 6.80. The molecule has 114 valence electrons. The Hall–Kier alpha value is -1.64. The van der Waals surface area contributed by atoms with Crippen molar-refractivity contribution in [2.45, 2.75) is 17.4 Å². The van der Waals surface area contributed by atoms with E-state index in [9.17, 15) is 18.0 Å². The summed E-state index contributed by atoms with van der Waals surface area (Å²) in [5.74, 6) is -1.85. The zero-order valence-electron chi connectivity index (χ0n) is 10.8. The van der Waals surface area contributed by atoms with Gasteiger partial charge in [0.15, 0.2) is 0 Å². The van der Waals surface area contributed by atoms with Gasteiger partial charge in [0, 0.05) is 18.1 Å². The van der Waals surface area contributed by atoms with E-state index in [4.69, 9.17) is 16.7 Å². The number of halogens is 1. The third-order valence-electron chi connectivity index (χ3n) is 3.07. The second-order valence-electron chi connectivity index (χ2n) is 4.47. The lowest BCUT2D eigenvalue weighted by molar-refractivity contribution is -0.141. The van der Waals surface area contributed by atoms with E-state index in [-0.39, 0.29) is 18.0 Å². The van der Waals surface area contributed by atoms with Gasteiger partial charge < -0.3 is 10.4 Å². The van der Waals surface area contributed by atoms with Crippen LogP contribution in [0.1, 0.15) is 6.42 Å². The summed E-state index contributed by atoms with van der Waals surface area (Å²) >= 11 is 5.72. The van der Waals surface area contributed by atoms with Crippen molar-refractivity contribution in [2.24, 2.45) is 0 Å². The van der Waals surface area contributed by atoms with Gasteiger partial charge in [0.25, 0.3) is 0 Å². The zero-order chi connectivity index (χ0) is 15.6. The summed E-state index contributed by atoms with van der Waals surface area (Å²) in [4.78, 5) is 22.6. The van der Waals surface area contributed by atoms with Crippen LogP contribution < -0.4 is 5.32 Å². The van der Waals surface area contributed by atoms with Crippen LogP contribution in [0.4, 0.5) is 0 Å². The number of nitrogens with one attached hydrogen (secondary N) is 1. The molecular weight excluding hydrogens is 320 g/mol. The lowest BCUT2D eigenvalue weighted by Crippen LogP contribution is -2.57. The molecule has 21 heavy (non-hydrogen) atoms. The molecule has 2 N–H and O–H groups in total. The predicted molar refractivity (Wildman–Crippen MR) is 74.4 cm³/mol. The van der Waals surface area contributed by atoms with Gasteiger partial charge in [0.1, 0.15) is 6.04 Å². The number of sulfonamides is 1. The number of carbonyl (C=O) groups excluding carboxylic acids is 1. The Kier molecular flexibility index (Phi) is 4.50. The van der Waals surface area contributed by atoms with E-state index in [1.807, 2.05) is 0 Å². The highest BCUT2D eigenvalue weighted by atomic mass is 35.5. The van der Waals surface area contributed by atoms with Crippen molar-refractivity contribution in [1.82, 2.24) is 9.62 Å². The lowest BCUT2D eigenvalue weighted by atomic mass is 10.1. The summed E-state index contributed by atoms with van der Waals surface area (Å²) < 4.78 is 26.0. The molecular formula is C12H13ClN2O5S. The molecule has 0 spiro atoms. The molecule has 0 aromatic heterocycles. The molecule has 1 aliphatic rings. The maximum Gasteiger partial charge on any atom is 0.305 e. The lowest BCUT2D eigenvalue weighted by Gasteiger charge is -2.33.